The third-order valence-corrected chi connectivity index (χ3v) is 5.32. The Bertz CT molecular complexity index is 990. The Labute approximate surface area is 159 Å². The number of carbonyl (C=O) groups excluding carboxylic acids is 1. The molecular weight excluding hydrogens is 338 g/mol. The van der Waals surface area contributed by atoms with Gasteiger partial charge in [-0.05, 0) is 50.2 Å². The highest BCUT2D eigenvalue weighted by molar-refractivity contribution is 6.07. The number of para-hydroxylation sites is 1. The van der Waals surface area contributed by atoms with Gasteiger partial charge in [0.05, 0.1) is 5.56 Å². The zero-order chi connectivity index (χ0) is 19.0. The van der Waals surface area contributed by atoms with Gasteiger partial charge in [0.15, 0.2) is 0 Å². The minimum atomic E-state index is -0.0490. The first-order chi connectivity index (χ1) is 13.0. The fraction of sp³-hybridized carbons (Fsp3) is 0.318. The Balaban J connectivity index is 1.56. The predicted octanol–water partition coefficient (Wildman–Crippen LogP) is 2.81. The molecule has 0 aliphatic heterocycles. The van der Waals surface area contributed by atoms with Gasteiger partial charge in [0, 0.05) is 36.2 Å². The Morgan fingerprint density at radius 1 is 1.19 bits per heavy atom. The molecule has 4 rings (SSSR count). The van der Waals surface area contributed by atoms with Crippen LogP contribution >= 0.6 is 0 Å². The van der Waals surface area contributed by atoms with Crippen molar-refractivity contribution in [3.8, 4) is 5.75 Å². The number of nitrogens with zero attached hydrogens (tertiary/aromatic N) is 2. The van der Waals surface area contributed by atoms with Gasteiger partial charge in [-0.15, -0.1) is 0 Å². The summed E-state index contributed by atoms with van der Waals surface area (Å²) in [5.41, 5.74) is 3.87. The fourth-order valence-electron chi connectivity index (χ4n) is 3.92. The van der Waals surface area contributed by atoms with Crippen molar-refractivity contribution in [3.63, 3.8) is 0 Å². The van der Waals surface area contributed by atoms with E-state index in [9.17, 15) is 9.90 Å². The number of hydrogen-bond donors (Lipinski definition) is 2. The Hall–Kier alpha value is -2.79. The number of phenols is 1. The second-order valence-corrected chi connectivity index (χ2v) is 7.55. The van der Waals surface area contributed by atoms with Crippen LogP contribution in [0, 0.1) is 0 Å². The van der Waals surface area contributed by atoms with Gasteiger partial charge < -0.3 is 19.9 Å². The molecule has 5 nitrogen and oxygen atoms in total. The number of nitrogens with one attached hydrogen (secondary N) is 1. The standard InChI is InChI=1S/C22H25N3O2/c1-24(2)10-11-25-14-19(17-7-3-4-8-20(17)25)22(27)23-16-12-15-6-5-9-21(26)18(15)13-16/h3-9,14,16,26H,10-13H2,1-2H3,(H,23,27). The van der Waals surface area contributed by atoms with Gasteiger partial charge >= 0.3 is 0 Å². The summed E-state index contributed by atoms with van der Waals surface area (Å²) in [6.07, 6.45) is 3.39. The average molecular weight is 363 g/mol. The molecule has 0 saturated heterocycles. The molecule has 27 heavy (non-hydrogen) atoms. The highest BCUT2D eigenvalue weighted by Gasteiger charge is 2.26. The molecule has 3 aromatic rings. The van der Waals surface area contributed by atoms with Crippen LogP contribution in [0.25, 0.3) is 10.9 Å². The molecule has 2 aromatic carbocycles. The average Bonchev–Trinajstić information content (AvgIpc) is 3.22. The molecule has 0 spiro atoms. The number of aromatic hydroxyl groups is 1. The summed E-state index contributed by atoms with van der Waals surface area (Å²) < 4.78 is 2.15. The van der Waals surface area contributed by atoms with E-state index in [1.165, 1.54) is 0 Å². The zero-order valence-corrected chi connectivity index (χ0v) is 15.8. The lowest BCUT2D eigenvalue weighted by atomic mass is 10.1. The summed E-state index contributed by atoms with van der Waals surface area (Å²) in [4.78, 5) is 15.1. The van der Waals surface area contributed by atoms with Gasteiger partial charge in [0.1, 0.15) is 5.75 Å². The highest BCUT2D eigenvalue weighted by atomic mass is 16.3. The summed E-state index contributed by atoms with van der Waals surface area (Å²) in [7, 11) is 4.10. The fourth-order valence-corrected chi connectivity index (χ4v) is 3.92. The molecule has 2 N–H and O–H groups in total. The van der Waals surface area contributed by atoms with E-state index in [-0.39, 0.29) is 11.9 Å². The first-order valence-corrected chi connectivity index (χ1v) is 9.36. The quantitative estimate of drug-likeness (QED) is 0.733. The lowest BCUT2D eigenvalue weighted by Crippen LogP contribution is -2.35. The van der Waals surface area contributed by atoms with E-state index in [0.29, 0.717) is 17.7 Å². The monoisotopic (exact) mass is 363 g/mol. The van der Waals surface area contributed by atoms with Crippen LogP contribution in [-0.2, 0) is 19.4 Å². The van der Waals surface area contributed by atoms with E-state index in [1.807, 2.05) is 50.6 Å². The van der Waals surface area contributed by atoms with Crippen molar-refractivity contribution in [2.45, 2.75) is 25.4 Å². The third kappa shape index (κ3) is 3.43. The van der Waals surface area contributed by atoms with Gasteiger partial charge in [-0.2, -0.15) is 0 Å². The summed E-state index contributed by atoms with van der Waals surface area (Å²) in [6, 6.07) is 13.7. The molecule has 1 unspecified atom stereocenters. The van der Waals surface area contributed by atoms with E-state index in [4.69, 9.17) is 0 Å². The molecule has 1 heterocycles. The smallest absolute Gasteiger partial charge is 0.253 e. The summed E-state index contributed by atoms with van der Waals surface area (Å²) in [6.45, 7) is 1.75. The summed E-state index contributed by atoms with van der Waals surface area (Å²) in [5.74, 6) is 0.275. The van der Waals surface area contributed by atoms with Crippen LogP contribution in [0.3, 0.4) is 0 Å². The molecule has 0 saturated carbocycles. The van der Waals surface area contributed by atoms with Gasteiger partial charge in [-0.1, -0.05) is 30.3 Å². The molecule has 1 aromatic heterocycles. The Morgan fingerprint density at radius 3 is 2.78 bits per heavy atom. The van der Waals surface area contributed by atoms with Crippen LogP contribution in [0.4, 0.5) is 0 Å². The molecule has 1 aliphatic carbocycles. The van der Waals surface area contributed by atoms with Gasteiger partial charge in [-0.3, -0.25) is 4.79 Å². The van der Waals surface area contributed by atoms with Crippen molar-refractivity contribution < 1.29 is 9.90 Å². The summed E-state index contributed by atoms with van der Waals surface area (Å²) >= 11 is 0. The molecule has 0 radical (unpaired) electrons. The van der Waals surface area contributed by atoms with E-state index >= 15 is 0 Å². The van der Waals surface area contributed by atoms with E-state index in [2.05, 4.69) is 20.9 Å². The number of likely N-dealkylation sites (N-methyl/N-ethyl adjacent to an activating group) is 1. The van der Waals surface area contributed by atoms with Gasteiger partial charge in [0.2, 0.25) is 0 Å². The maximum atomic E-state index is 13.0. The first kappa shape index (κ1) is 17.6. The van der Waals surface area contributed by atoms with Crippen molar-refractivity contribution in [1.29, 1.82) is 0 Å². The van der Waals surface area contributed by atoms with Crippen LogP contribution in [-0.4, -0.2) is 47.2 Å². The van der Waals surface area contributed by atoms with Crippen molar-refractivity contribution in [2.75, 3.05) is 20.6 Å². The van der Waals surface area contributed by atoms with Gasteiger partial charge in [-0.25, -0.2) is 0 Å². The number of fused-ring (bicyclic) bond motifs is 2. The number of carbonyl (C=O) groups is 1. The minimum Gasteiger partial charge on any atom is -0.508 e. The first-order valence-electron chi connectivity index (χ1n) is 9.36. The second-order valence-electron chi connectivity index (χ2n) is 7.55. The SMILES string of the molecule is CN(C)CCn1cc(C(=O)NC2Cc3cccc(O)c3C2)c2ccccc21. The number of phenolic OH excluding ortho intramolecular Hbond substituents is 1. The van der Waals surface area contributed by atoms with Crippen LogP contribution in [0.1, 0.15) is 21.5 Å². The molecule has 140 valence electrons. The lowest BCUT2D eigenvalue weighted by molar-refractivity contribution is 0.0940. The van der Waals surface area contributed by atoms with Crippen LogP contribution in [0.5, 0.6) is 5.75 Å². The normalized spacial score (nSPS) is 16.0. The van der Waals surface area contributed by atoms with Crippen molar-refractivity contribution in [2.24, 2.45) is 0 Å². The highest BCUT2D eigenvalue weighted by Crippen LogP contribution is 2.30. The van der Waals surface area contributed by atoms with Crippen molar-refractivity contribution >= 4 is 16.8 Å². The maximum absolute atomic E-state index is 13.0. The minimum absolute atomic E-state index is 0.0182. The molecule has 1 atom stereocenters. The molecule has 0 bridgehead atoms. The molecule has 1 aliphatic rings. The number of aromatic nitrogens is 1. The lowest BCUT2D eigenvalue weighted by Gasteiger charge is -2.12. The number of benzene rings is 2. The topological polar surface area (TPSA) is 57.5 Å². The Morgan fingerprint density at radius 2 is 2.00 bits per heavy atom. The molecule has 0 fully saturated rings. The number of rotatable bonds is 5. The van der Waals surface area contributed by atoms with E-state index in [0.717, 1.165) is 41.5 Å². The summed E-state index contributed by atoms with van der Waals surface area (Å²) in [5, 5.41) is 14.2. The van der Waals surface area contributed by atoms with Crippen molar-refractivity contribution in [3.05, 3.63) is 65.4 Å². The number of amides is 1. The zero-order valence-electron chi connectivity index (χ0n) is 15.8. The molecule has 5 heteroatoms. The number of hydrogen-bond acceptors (Lipinski definition) is 3. The molecular formula is C22H25N3O2. The largest absolute Gasteiger partial charge is 0.508 e. The van der Waals surface area contributed by atoms with E-state index in [1.54, 1.807) is 6.07 Å². The third-order valence-electron chi connectivity index (χ3n) is 5.32. The second kappa shape index (κ2) is 7.08. The maximum Gasteiger partial charge on any atom is 0.253 e. The van der Waals surface area contributed by atoms with Crippen LogP contribution in [0.2, 0.25) is 0 Å². The van der Waals surface area contributed by atoms with Gasteiger partial charge in [0.25, 0.3) is 5.91 Å². The predicted molar refractivity (Wildman–Crippen MR) is 107 cm³/mol. The Kier molecular flexibility index (Phi) is 4.62. The van der Waals surface area contributed by atoms with E-state index < -0.39 is 0 Å². The molecule has 1 amide bonds. The van der Waals surface area contributed by atoms with Crippen LogP contribution in [0.15, 0.2) is 48.7 Å². The van der Waals surface area contributed by atoms with Crippen LogP contribution < -0.4 is 5.32 Å². The van der Waals surface area contributed by atoms with Crippen molar-refractivity contribution in [1.82, 2.24) is 14.8 Å².